The number of hydrogen-bond donors (Lipinski definition) is 1. The molecule has 1 N–H and O–H groups in total. The number of benzene rings is 1. The summed E-state index contributed by atoms with van der Waals surface area (Å²) in [4.78, 5) is 0. The second-order valence-corrected chi connectivity index (χ2v) is 5.14. The van der Waals surface area contributed by atoms with Gasteiger partial charge in [0.05, 0.1) is 6.26 Å². The number of furan rings is 1. The maximum atomic E-state index is 6.11. The Bertz CT molecular complexity index is 497. The Labute approximate surface area is 117 Å². The van der Waals surface area contributed by atoms with E-state index in [1.807, 2.05) is 24.3 Å². The zero-order valence-electron chi connectivity index (χ0n) is 10.1. The van der Waals surface area contributed by atoms with Crippen LogP contribution in [0.3, 0.4) is 0 Å². The van der Waals surface area contributed by atoms with Crippen LogP contribution in [-0.4, -0.2) is 6.04 Å². The maximum absolute atomic E-state index is 6.11. The lowest BCUT2D eigenvalue weighted by Gasteiger charge is -2.13. The van der Waals surface area contributed by atoms with Gasteiger partial charge in [0, 0.05) is 29.1 Å². The molecule has 1 aromatic carbocycles. The topological polar surface area (TPSA) is 25.2 Å². The minimum atomic E-state index is 0.322. The smallest absolute Gasteiger partial charge is 0.105 e. The van der Waals surface area contributed by atoms with Gasteiger partial charge >= 0.3 is 0 Å². The second-order valence-electron chi connectivity index (χ2n) is 4.30. The summed E-state index contributed by atoms with van der Waals surface area (Å²) < 4.78 is 5.31. The molecule has 1 atom stereocenters. The van der Waals surface area contributed by atoms with Crippen LogP contribution in [0.1, 0.15) is 18.2 Å². The molecule has 0 saturated carbocycles. The first kappa shape index (κ1) is 13.5. The third-order valence-electron chi connectivity index (χ3n) is 2.74. The van der Waals surface area contributed by atoms with Crippen LogP contribution in [0.2, 0.25) is 10.0 Å². The standard InChI is InChI=1S/C14H15Cl2NO/c1-10(7-13-3-2-6-18-13)17-9-11-4-5-12(15)8-14(11)16/h2-6,8,10,17H,7,9H2,1H3. The molecule has 4 heteroatoms. The van der Waals surface area contributed by atoms with E-state index < -0.39 is 0 Å². The van der Waals surface area contributed by atoms with Crippen LogP contribution in [0.5, 0.6) is 0 Å². The molecule has 18 heavy (non-hydrogen) atoms. The quantitative estimate of drug-likeness (QED) is 0.885. The summed E-state index contributed by atoms with van der Waals surface area (Å²) >= 11 is 12.0. The first-order chi connectivity index (χ1) is 8.65. The first-order valence-corrected chi connectivity index (χ1v) is 6.60. The van der Waals surface area contributed by atoms with Gasteiger partial charge in [-0.1, -0.05) is 29.3 Å². The number of halogens is 2. The van der Waals surface area contributed by atoms with Crippen molar-refractivity contribution in [2.24, 2.45) is 0 Å². The van der Waals surface area contributed by atoms with Crippen LogP contribution >= 0.6 is 23.2 Å². The Kier molecular flexibility index (Phi) is 4.70. The fourth-order valence-corrected chi connectivity index (χ4v) is 2.23. The van der Waals surface area contributed by atoms with Crippen LogP contribution in [0, 0.1) is 0 Å². The first-order valence-electron chi connectivity index (χ1n) is 5.85. The summed E-state index contributed by atoms with van der Waals surface area (Å²) in [5.41, 5.74) is 1.05. The van der Waals surface area contributed by atoms with Gasteiger partial charge in [-0.3, -0.25) is 0 Å². The van der Waals surface area contributed by atoms with Crippen molar-refractivity contribution < 1.29 is 4.42 Å². The zero-order chi connectivity index (χ0) is 13.0. The molecule has 2 nitrogen and oxygen atoms in total. The van der Waals surface area contributed by atoms with E-state index in [1.54, 1.807) is 12.3 Å². The van der Waals surface area contributed by atoms with Gasteiger partial charge in [0.15, 0.2) is 0 Å². The average Bonchev–Trinajstić information content (AvgIpc) is 2.80. The average molecular weight is 284 g/mol. The molecule has 1 unspecified atom stereocenters. The number of rotatable bonds is 5. The molecule has 96 valence electrons. The fourth-order valence-electron chi connectivity index (χ4n) is 1.75. The van der Waals surface area contributed by atoms with Gasteiger partial charge in [-0.15, -0.1) is 0 Å². The maximum Gasteiger partial charge on any atom is 0.105 e. The molecule has 2 aromatic rings. The summed E-state index contributed by atoms with van der Waals surface area (Å²) in [6.07, 6.45) is 2.55. The van der Waals surface area contributed by atoms with E-state index >= 15 is 0 Å². The highest BCUT2D eigenvalue weighted by Gasteiger charge is 2.07. The van der Waals surface area contributed by atoms with Gasteiger partial charge in [0.25, 0.3) is 0 Å². The number of nitrogens with one attached hydrogen (secondary N) is 1. The summed E-state index contributed by atoms with van der Waals surface area (Å²) in [5.74, 6) is 0.984. The molecule has 1 aromatic heterocycles. The molecule has 0 aliphatic heterocycles. The second kappa shape index (κ2) is 6.28. The van der Waals surface area contributed by atoms with Gasteiger partial charge in [0.1, 0.15) is 5.76 Å². The molecule has 1 heterocycles. The van der Waals surface area contributed by atoms with Crippen LogP contribution in [0.25, 0.3) is 0 Å². The van der Waals surface area contributed by atoms with Crippen molar-refractivity contribution in [2.45, 2.75) is 25.9 Å². The van der Waals surface area contributed by atoms with Crippen LogP contribution in [-0.2, 0) is 13.0 Å². The summed E-state index contributed by atoms with van der Waals surface area (Å²) in [6, 6.07) is 9.75. The van der Waals surface area contributed by atoms with Gasteiger partial charge in [-0.05, 0) is 36.8 Å². The Morgan fingerprint density at radius 3 is 2.78 bits per heavy atom. The minimum Gasteiger partial charge on any atom is -0.469 e. The van der Waals surface area contributed by atoms with E-state index in [9.17, 15) is 0 Å². The van der Waals surface area contributed by atoms with E-state index in [0.29, 0.717) is 16.1 Å². The molecular weight excluding hydrogens is 269 g/mol. The zero-order valence-corrected chi connectivity index (χ0v) is 11.6. The van der Waals surface area contributed by atoms with Crippen LogP contribution in [0.15, 0.2) is 41.0 Å². The minimum absolute atomic E-state index is 0.322. The lowest BCUT2D eigenvalue weighted by atomic mass is 10.1. The molecule has 0 spiro atoms. The molecule has 2 rings (SSSR count). The highest BCUT2D eigenvalue weighted by Crippen LogP contribution is 2.20. The van der Waals surface area contributed by atoms with E-state index in [4.69, 9.17) is 27.6 Å². The van der Waals surface area contributed by atoms with Gasteiger partial charge in [0.2, 0.25) is 0 Å². The highest BCUT2D eigenvalue weighted by atomic mass is 35.5. The number of hydrogen-bond acceptors (Lipinski definition) is 2. The van der Waals surface area contributed by atoms with Gasteiger partial charge < -0.3 is 9.73 Å². The molecule has 0 bridgehead atoms. The molecule has 0 radical (unpaired) electrons. The lowest BCUT2D eigenvalue weighted by molar-refractivity contribution is 0.456. The van der Waals surface area contributed by atoms with Gasteiger partial charge in [-0.25, -0.2) is 0 Å². The summed E-state index contributed by atoms with van der Waals surface area (Å²) in [5, 5.41) is 4.76. The normalized spacial score (nSPS) is 12.6. The SMILES string of the molecule is CC(Cc1ccco1)NCc1ccc(Cl)cc1Cl. The van der Waals surface area contributed by atoms with Crippen molar-refractivity contribution in [1.82, 2.24) is 5.32 Å². The molecular formula is C14H15Cl2NO. The van der Waals surface area contributed by atoms with E-state index in [2.05, 4.69) is 12.2 Å². The molecule has 0 amide bonds. The van der Waals surface area contributed by atoms with Crippen molar-refractivity contribution in [3.8, 4) is 0 Å². The predicted molar refractivity (Wildman–Crippen MR) is 75.2 cm³/mol. The van der Waals surface area contributed by atoms with Crippen molar-refractivity contribution in [1.29, 1.82) is 0 Å². The van der Waals surface area contributed by atoms with E-state index in [0.717, 1.165) is 24.3 Å². The molecule has 0 aliphatic carbocycles. The Balaban J connectivity index is 1.87. The Hall–Kier alpha value is -0.960. The molecule has 0 aliphatic rings. The third-order valence-corrected chi connectivity index (χ3v) is 3.33. The highest BCUT2D eigenvalue weighted by molar-refractivity contribution is 6.35. The fraction of sp³-hybridized carbons (Fsp3) is 0.286. The summed E-state index contributed by atoms with van der Waals surface area (Å²) in [6.45, 7) is 2.84. The largest absolute Gasteiger partial charge is 0.469 e. The summed E-state index contributed by atoms with van der Waals surface area (Å²) in [7, 11) is 0. The van der Waals surface area contributed by atoms with E-state index in [-0.39, 0.29) is 0 Å². The molecule has 0 fully saturated rings. The Morgan fingerprint density at radius 2 is 2.11 bits per heavy atom. The van der Waals surface area contributed by atoms with Crippen LogP contribution < -0.4 is 5.32 Å². The molecule has 0 saturated heterocycles. The van der Waals surface area contributed by atoms with Crippen molar-refractivity contribution in [3.05, 3.63) is 58.0 Å². The van der Waals surface area contributed by atoms with E-state index in [1.165, 1.54) is 0 Å². The van der Waals surface area contributed by atoms with Gasteiger partial charge in [-0.2, -0.15) is 0 Å². The van der Waals surface area contributed by atoms with Crippen LogP contribution in [0.4, 0.5) is 0 Å². The van der Waals surface area contributed by atoms with Crippen molar-refractivity contribution in [2.75, 3.05) is 0 Å². The monoisotopic (exact) mass is 283 g/mol. The van der Waals surface area contributed by atoms with Crippen molar-refractivity contribution in [3.63, 3.8) is 0 Å². The predicted octanol–water partition coefficient (Wildman–Crippen LogP) is 4.31. The van der Waals surface area contributed by atoms with Crippen molar-refractivity contribution >= 4 is 23.2 Å². The Morgan fingerprint density at radius 1 is 1.28 bits per heavy atom. The lowest BCUT2D eigenvalue weighted by Crippen LogP contribution is -2.27. The third kappa shape index (κ3) is 3.77.